The number of unbranched alkanes of at least 4 members (excludes halogenated alkanes) is 2. The maximum atomic E-state index is 2.83. The smallest absolute Gasteiger partial charge is 1.00 e. The van der Waals surface area contributed by atoms with E-state index in [-0.39, 0.29) is 24.8 Å². The molecular formula is C30H50Cl2HfSi2. The van der Waals surface area contributed by atoms with Gasteiger partial charge in [0.1, 0.15) is 0 Å². The van der Waals surface area contributed by atoms with Gasteiger partial charge in [-0.1, -0.05) is 0 Å². The second-order valence-corrected chi connectivity index (χ2v) is 25.4. The third-order valence-corrected chi connectivity index (χ3v) is 28.9. The molecule has 0 nitrogen and oxygen atoms in total. The Hall–Kier alpha value is 0.844. The van der Waals surface area contributed by atoms with Crippen LogP contribution in [-0.4, -0.2) is 16.1 Å². The molecule has 0 atom stereocenters. The summed E-state index contributed by atoms with van der Waals surface area (Å²) in [4.78, 5) is 0. The summed E-state index contributed by atoms with van der Waals surface area (Å²) in [5.41, 5.74) is 3.91. The van der Waals surface area contributed by atoms with Crippen molar-refractivity contribution in [1.82, 2.24) is 0 Å². The molecule has 0 unspecified atom stereocenters. The van der Waals surface area contributed by atoms with Crippen molar-refractivity contribution in [3.8, 4) is 0 Å². The molecule has 0 N–H and O–H groups in total. The topological polar surface area (TPSA) is 0 Å². The number of hydrogen-bond acceptors (Lipinski definition) is 0. The van der Waals surface area contributed by atoms with Gasteiger partial charge in [0, 0.05) is 0 Å². The van der Waals surface area contributed by atoms with Gasteiger partial charge in [-0.15, -0.1) is 0 Å². The Balaban J connectivity index is 0.00000216. The molecule has 2 saturated heterocycles. The van der Waals surface area contributed by atoms with Crippen LogP contribution >= 0.6 is 0 Å². The number of hydrogen-bond donors (Lipinski definition) is 0. The molecule has 4 rings (SSSR count). The van der Waals surface area contributed by atoms with Crippen LogP contribution in [-0.2, 0) is 22.9 Å². The van der Waals surface area contributed by atoms with Gasteiger partial charge in [-0.2, -0.15) is 0 Å². The molecule has 5 heteroatoms. The Morgan fingerprint density at radius 1 is 0.629 bits per heavy atom. The fraction of sp³-hybridized carbons (Fsp3) is 0.733. The molecule has 0 saturated carbocycles. The van der Waals surface area contributed by atoms with Crippen LogP contribution in [0.3, 0.4) is 0 Å². The Morgan fingerprint density at radius 3 is 1.31 bits per heavy atom. The van der Waals surface area contributed by atoms with Crippen molar-refractivity contribution in [2.75, 3.05) is 0 Å². The van der Waals surface area contributed by atoms with Crippen molar-refractivity contribution in [2.24, 2.45) is 0 Å². The second kappa shape index (κ2) is 14.8. The van der Waals surface area contributed by atoms with E-state index in [0.717, 1.165) is 0 Å². The van der Waals surface area contributed by atoms with Gasteiger partial charge in [-0.05, 0) is 0 Å². The van der Waals surface area contributed by atoms with Gasteiger partial charge < -0.3 is 24.8 Å². The minimum Gasteiger partial charge on any atom is -1.00 e. The van der Waals surface area contributed by atoms with Crippen LogP contribution in [0.5, 0.6) is 0 Å². The number of halogens is 2. The molecule has 0 radical (unpaired) electrons. The Bertz CT molecular complexity index is 763. The zero-order chi connectivity index (χ0) is 23.3. The third kappa shape index (κ3) is 6.71. The standard InChI is InChI=1S/2C15H25Si.2ClH.Hf/c2*1-3-5-7-14-8-9-15(13-14)16(10-4-2)11-6-12-16;;;/h2*9H,3-8,10-12H2,1-2H3;2*1H;/q;;;;+2/p-2. The first-order chi connectivity index (χ1) is 16.1. The molecule has 2 aliphatic carbocycles. The molecule has 0 aromatic heterocycles. The normalized spacial score (nSPS) is 21.9. The second-order valence-electron chi connectivity index (χ2n) is 11.7. The average molecular weight is 716 g/mol. The van der Waals surface area contributed by atoms with Crippen molar-refractivity contribution in [1.29, 1.82) is 0 Å². The van der Waals surface area contributed by atoms with E-state index in [2.05, 4.69) is 56.9 Å². The van der Waals surface area contributed by atoms with E-state index in [1.165, 1.54) is 77.0 Å². The Morgan fingerprint density at radius 2 is 1.03 bits per heavy atom. The molecule has 2 heterocycles. The fourth-order valence-corrected chi connectivity index (χ4v) is 29.0. The van der Waals surface area contributed by atoms with Crippen molar-refractivity contribution < 1.29 is 47.7 Å². The van der Waals surface area contributed by atoms with Gasteiger partial charge in [-0.25, -0.2) is 0 Å². The molecule has 2 aliphatic heterocycles. The van der Waals surface area contributed by atoms with Gasteiger partial charge in [0.25, 0.3) is 0 Å². The van der Waals surface area contributed by atoms with Crippen LogP contribution in [0.25, 0.3) is 0 Å². The predicted molar refractivity (Wildman–Crippen MR) is 149 cm³/mol. The van der Waals surface area contributed by atoms with E-state index in [9.17, 15) is 0 Å². The molecule has 196 valence electrons. The fourth-order valence-electron chi connectivity index (χ4n) is 7.35. The van der Waals surface area contributed by atoms with E-state index in [1.54, 1.807) is 36.3 Å². The zero-order valence-corrected chi connectivity index (χ0v) is 30.2. The molecule has 4 aliphatic rings. The Labute approximate surface area is 243 Å². The van der Waals surface area contributed by atoms with Crippen LogP contribution in [0, 0.1) is 0 Å². The van der Waals surface area contributed by atoms with Crippen molar-refractivity contribution in [3.05, 3.63) is 40.4 Å². The molecule has 0 aromatic rings. The number of rotatable bonds is 14. The first-order valence-electron chi connectivity index (χ1n) is 14.8. The molecule has 0 bridgehead atoms. The van der Waals surface area contributed by atoms with Crippen LogP contribution in [0.15, 0.2) is 40.4 Å². The number of allylic oxidation sites excluding steroid dienone is 8. The van der Waals surface area contributed by atoms with E-state index in [0.29, 0.717) is 0 Å². The summed E-state index contributed by atoms with van der Waals surface area (Å²) in [5, 5.41) is 4.14. The van der Waals surface area contributed by atoms with E-state index in [1.807, 2.05) is 11.1 Å². The maximum absolute atomic E-state index is 2.83. The van der Waals surface area contributed by atoms with Crippen LogP contribution < -0.4 is 24.8 Å². The quantitative estimate of drug-likeness (QED) is 0.237. The van der Waals surface area contributed by atoms with Gasteiger partial charge in [0.2, 0.25) is 0 Å². The molecule has 2 fully saturated rings. The minimum absolute atomic E-state index is 0. The van der Waals surface area contributed by atoms with Crippen molar-refractivity contribution >= 4 is 16.1 Å². The van der Waals surface area contributed by atoms with Gasteiger partial charge >= 0.3 is 220 Å². The molecule has 35 heavy (non-hydrogen) atoms. The van der Waals surface area contributed by atoms with E-state index >= 15 is 0 Å². The average Bonchev–Trinajstić information content (AvgIpc) is 3.35. The summed E-state index contributed by atoms with van der Waals surface area (Å²) in [5.74, 6) is 0. The summed E-state index contributed by atoms with van der Waals surface area (Å²) in [7, 11) is -2.26. The summed E-state index contributed by atoms with van der Waals surface area (Å²) >= 11 is -1.00. The van der Waals surface area contributed by atoms with E-state index < -0.39 is 39.1 Å². The minimum atomic E-state index is -1.13. The van der Waals surface area contributed by atoms with Gasteiger partial charge in [0.05, 0.1) is 0 Å². The molecular weight excluding hydrogens is 666 g/mol. The Kier molecular flexibility index (Phi) is 13.6. The first kappa shape index (κ1) is 32.1. The van der Waals surface area contributed by atoms with Crippen molar-refractivity contribution in [3.63, 3.8) is 0 Å². The van der Waals surface area contributed by atoms with Gasteiger partial charge in [-0.3, -0.25) is 0 Å². The summed E-state index contributed by atoms with van der Waals surface area (Å²) in [6.07, 6.45) is 22.7. The van der Waals surface area contributed by atoms with Crippen LogP contribution in [0.4, 0.5) is 0 Å². The monoisotopic (exact) mass is 716 g/mol. The third-order valence-electron chi connectivity index (χ3n) is 9.49. The summed E-state index contributed by atoms with van der Waals surface area (Å²) in [6.45, 7) is 9.72. The molecule has 0 aromatic carbocycles. The molecule has 0 amide bonds. The van der Waals surface area contributed by atoms with Gasteiger partial charge in [0.15, 0.2) is 0 Å². The zero-order valence-electron chi connectivity index (χ0n) is 23.1. The van der Waals surface area contributed by atoms with E-state index in [4.69, 9.17) is 0 Å². The maximum Gasteiger partial charge on any atom is -1.00 e. The predicted octanol–water partition coefficient (Wildman–Crippen LogP) is 4.23. The SMILES string of the molecule is CCCCC1=[C]([Hf+2][C]2=C(CCCC)CC=C2[Si]2(CCC)CCC2)C([Si]2(CCC)CCC2)=CC1.[Cl-].[Cl-]. The summed E-state index contributed by atoms with van der Waals surface area (Å²) in [6, 6.07) is 9.68. The van der Waals surface area contributed by atoms with Crippen molar-refractivity contribution in [2.45, 2.75) is 141 Å². The summed E-state index contributed by atoms with van der Waals surface area (Å²) < 4.78 is 4.22. The molecule has 0 spiro atoms. The first-order valence-corrected chi connectivity index (χ1v) is 23.6. The van der Waals surface area contributed by atoms with Crippen LogP contribution in [0.1, 0.15) is 105 Å². The van der Waals surface area contributed by atoms with Crippen LogP contribution in [0.2, 0.25) is 36.3 Å². The largest absolute Gasteiger partial charge is 1.00 e.